The van der Waals surface area contributed by atoms with Gasteiger partial charge in [0, 0.05) is 54.6 Å². The molecule has 2 heterocycles. The van der Waals surface area contributed by atoms with Gasteiger partial charge in [-0.05, 0) is 95.9 Å². The zero-order valence-electron chi connectivity index (χ0n) is 31.7. The molecule has 9 nitrogen and oxygen atoms in total. The number of piperidine rings is 1. The molecule has 0 unspecified atom stereocenters. The van der Waals surface area contributed by atoms with Crippen molar-refractivity contribution in [2.75, 3.05) is 66.9 Å². The van der Waals surface area contributed by atoms with E-state index in [4.69, 9.17) is 28.4 Å². The highest BCUT2D eigenvalue weighted by molar-refractivity contribution is 7.98. The number of benzene rings is 4. The van der Waals surface area contributed by atoms with Crippen molar-refractivity contribution in [3.63, 3.8) is 0 Å². The third-order valence-electron chi connectivity index (χ3n) is 9.91. The van der Waals surface area contributed by atoms with Crippen LogP contribution < -0.4 is 33.3 Å². The first kappa shape index (κ1) is 37.7. The van der Waals surface area contributed by atoms with Crippen LogP contribution in [0.4, 0.5) is 5.69 Å². The number of hydrogen-bond acceptors (Lipinski definition) is 10. The van der Waals surface area contributed by atoms with Gasteiger partial charge in [0.1, 0.15) is 0 Å². The predicted molar refractivity (Wildman–Crippen MR) is 214 cm³/mol. The topological polar surface area (TPSA) is 74.8 Å². The lowest BCUT2D eigenvalue weighted by Gasteiger charge is -2.40. The number of likely N-dealkylation sites (tertiary alicyclic amines) is 1. The highest BCUT2D eigenvalue weighted by atomic mass is 32.2. The molecule has 0 saturated carbocycles. The van der Waals surface area contributed by atoms with Crippen molar-refractivity contribution < 1.29 is 28.4 Å². The van der Waals surface area contributed by atoms with Crippen molar-refractivity contribution in [1.82, 2.24) is 9.88 Å². The molecule has 53 heavy (non-hydrogen) atoms. The summed E-state index contributed by atoms with van der Waals surface area (Å²) in [6.07, 6.45) is 6.10. The van der Waals surface area contributed by atoms with Crippen molar-refractivity contribution in [3.05, 3.63) is 102 Å². The Hall–Kier alpha value is -5.06. The Bertz CT molecular complexity index is 1950. The minimum atomic E-state index is 0.364. The Balaban J connectivity index is 1.23. The molecule has 278 valence electrons. The van der Waals surface area contributed by atoms with Crippen LogP contribution in [0.5, 0.6) is 34.5 Å². The molecule has 10 heteroatoms. The minimum absolute atomic E-state index is 0.364. The van der Waals surface area contributed by atoms with Crippen molar-refractivity contribution in [1.29, 1.82) is 0 Å². The first-order valence-corrected chi connectivity index (χ1v) is 18.9. The second kappa shape index (κ2) is 17.6. The molecule has 0 spiro atoms. The molecule has 0 bridgehead atoms. The quantitative estimate of drug-likeness (QED) is 0.0974. The van der Waals surface area contributed by atoms with Gasteiger partial charge in [-0.3, -0.25) is 9.88 Å². The van der Waals surface area contributed by atoms with E-state index < -0.39 is 0 Å². The standard InChI is InChI=1S/C43H49N3O6S/c1-47-38-22-31(23-39(48-2)42(38)51-5)36-14-9-8-11-30(36)28-46(34-12-10-13-35(26-34)53-7)33-16-19-45(20-17-33)27-29-15-18-44-37(21-29)32-24-40(49-3)43(52-6)41(25-32)50-4/h8-15,18,21-26,33H,16-17,19-20,27-28H2,1-7H3. The summed E-state index contributed by atoms with van der Waals surface area (Å²) in [7, 11) is 9.81. The van der Waals surface area contributed by atoms with Gasteiger partial charge in [0.05, 0.1) is 48.4 Å². The van der Waals surface area contributed by atoms with Crippen molar-refractivity contribution in [3.8, 4) is 56.9 Å². The van der Waals surface area contributed by atoms with E-state index in [0.29, 0.717) is 40.5 Å². The summed E-state index contributed by atoms with van der Waals surface area (Å²) in [5.41, 5.74) is 7.61. The van der Waals surface area contributed by atoms with Gasteiger partial charge >= 0.3 is 0 Å². The summed E-state index contributed by atoms with van der Waals surface area (Å²) < 4.78 is 33.8. The average Bonchev–Trinajstić information content (AvgIpc) is 3.22. The Labute approximate surface area is 317 Å². The molecule has 1 saturated heterocycles. The molecule has 1 fully saturated rings. The monoisotopic (exact) mass is 735 g/mol. The van der Waals surface area contributed by atoms with E-state index in [2.05, 4.69) is 81.7 Å². The van der Waals surface area contributed by atoms with Crippen molar-refractivity contribution in [2.45, 2.75) is 36.9 Å². The summed E-state index contributed by atoms with van der Waals surface area (Å²) in [6.45, 7) is 3.58. The number of methoxy groups -OCH3 is 6. The van der Waals surface area contributed by atoms with Crippen LogP contribution >= 0.6 is 11.8 Å². The molecule has 0 aliphatic carbocycles. The van der Waals surface area contributed by atoms with Gasteiger partial charge in [-0.25, -0.2) is 0 Å². The SMILES string of the molecule is COc1cc(-c2cc(CN3CCC(N(Cc4ccccc4-c4cc(OC)c(OC)c(OC)c4)c4cccc(SC)c4)CC3)ccn2)cc(OC)c1OC. The number of ether oxygens (including phenoxy) is 6. The summed E-state index contributed by atoms with van der Waals surface area (Å²) >= 11 is 1.77. The fraction of sp³-hybridized carbons (Fsp3) is 0.326. The Kier molecular flexibility index (Phi) is 12.5. The maximum Gasteiger partial charge on any atom is 0.203 e. The maximum atomic E-state index is 5.72. The third-order valence-corrected chi connectivity index (χ3v) is 10.6. The normalized spacial score (nSPS) is 13.3. The van der Waals surface area contributed by atoms with Crippen LogP contribution in [-0.4, -0.2) is 77.9 Å². The summed E-state index contributed by atoms with van der Waals surface area (Å²) in [5, 5.41) is 0. The number of rotatable bonds is 15. The minimum Gasteiger partial charge on any atom is -0.493 e. The molecule has 0 radical (unpaired) electrons. The molecular weight excluding hydrogens is 687 g/mol. The number of thioether (sulfide) groups is 1. The molecule has 1 aliphatic rings. The summed E-state index contributed by atoms with van der Waals surface area (Å²) in [6, 6.07) is 30.1. The van der Waals surface area contributed by atoms with E-state index in [0.717, 1.165) is 61.4 Å². The fourth-order valence-corrected chi connectivity index (χ4v) is 7.64. The van der Waals surface area contributed by atoms with Crippen LogP contribution in [0.15, 0.2) is 96.0 Å². The molecule has 5 aromatic rings. The zero-order valence-corrected chi connectivity index (χ0v) is 32.5. The number of pyridine rings is 1. The largest absolute Gasteiger partial charge is 0.493 e. The van der Waals surface area contributed by atoms with Gasteiger partial charge in [-0.15, -0.1) is 11.8 Å². The lowest BCUT2D eigenvalue weighted by atomic mass is 9.96. The van der Waals surface area contributed by atoms with Gasteiger partial charge in [0.25, 0.3) is 0 Å². The smallest absolute Gasteiger partial charge is 0.203 e. The Morgan fingerprint density at radius 3 is 1.87 bits per heavy atom. The Morgan fingerprint density at radius 1 is 0.679 bits per heavy atom. The second-order valence-corrected chi connectivity index (χ2v) is 13.8. The van der Waals surface area contributed by atoms with Gasteiger partial charge < -0.3 is 33.3 Å². The van der Waals surface area contributed by atoms with Gasteiger partial charge in [0.15, 0.2) is 23.0 Å². The van der Waals surface area contributed by atoms with Crippen molar-refractivity contribution in [2.24, 2.45) is 0 Å². The van der Waals surface area contributed by atoms with Gasteiger partial charge in [-0.2, -0.15) is 0 Å². The van der Waals surface area contributed by atoms with Crippen LogP contribution in [0.1, 0.15) is 24.0 Å². The van der Waals surface area contributed by atoms with Gasteiger partial charge in [0.2, 0.25) is 11.5 Å². The lowest BCUT2D eigenvalue weighted by Crippen LogP contribution is -2.44. The van der Waals surface area contributed by atoms with Crippen LogP contribution in [0.25, 0.3) is 22.4 Å². The molecular formula is C43H49N3O6S. The first-order valence-electron chi connectivity index (χ1n) is 17.7. The molecule has 1 aliphatic heterocycles. The van der Waals surface area contributed by atoms with Crippen LogP contribution in [-0.2, 0) is 13.1 Å². The zero-order chi connectivity index (χ0) is 37.3. The molecule has 1 aromatic heterocycles. The molecule has 0 amide bonds. The van der Waals surface area contributed by atoms with E-state index in [1.165, 1.54) is 21.7 Å². The molecule has 0 atom stereocenters. The van der Waals surface area contributed by atoms with E-state index >= 15 is 0 Å². The average molecular weight is 736 g/mol. The van der Waals surface area contributed by atoms with E-state index in [9.17, 15) is 0 Å². The number of anilines is 1. The van der Waals surface area contributed by atoms with E-state index in [-0.39, 0.29) is 0 Å². The van der Waals surface area contributed by atoms with Crippen LogP contribution in [0, 0.1) is 0 Å². The van der Waals surface area contributed by atoms with Crippen molar-refractivity contribution >= 4 is 17.4 Å². The lowest BCUT2D eigenvalue weighted by molar-refractivity contribution is 0.201. The second-order valence-electron chi connectivity index (χ2n) is 12.9. The van der Waals surface area contributed by atoms with E-state index in [1.54, 1.807) is 54.4 Å². The predicted octanol–water partition coefficient (Wildman–Crippen LogP) is 8.86. The Morgan fingerprint density at radius 2 is 1.28 bits per heavy atom. The maximum absolute atomic E-state index is 5.72. The highest BCUT2D eigenvalue weighted by Crippen LogP contribution is 2.43. The number of nitrogens with zero attached hydrogens (tertiary/aromatic N) is 3. The van der Waals surface area contributed by atoms with E-state index in [1.807, 2.05) is 30.5 Å². The first-order chi connectivity index (χ1) is 25.9. The molecule has 6 rings (SSSR count). The van der Waals surface area contributed by atoms with Crippen LogP contribution in [0.2, 0.25) is 0 Å². The number of hydrogen-bond donors (Lipinski definition) is 0. The summed E-state index contributed by atoms with van der Waals surface area (Å²) in [4.78, 5) is 11.1. The summed E-state index contributed by atoms with van der Waals surface area (Å²) in [5.74, 6) is 3.64. The molecule has 4 aromatic carbocycles. The highest BCUT2D eigenvalue weighted by Gasteiger charge is 2.27. The fourth-order valence-electron chi connectivity index (χ4n) is 7.19. The third kappa shape index (κ3) is 8.45. The number of aromatic nitrogens is 1. The van der Waals surface area contributed by atoms with Gasteiger partial charge in [-0.1, -0.05) is 30.3 Å². The van der Waals surface area contributed by atoms with Crippen LogP contribution in [0.3, 0.4) is 0 Å². The molecule has 0 N–H and O–H groups in total.